The van der Waals surface area contributed by atoms with E-state index in [0.717, 1.165) is 18.7 Å². The third kappa shape index (κ3) is 4.22. The van der Waals surface area contributed by atoms with Crippen LogP contribution in [-0.4, -0.2) is 54.4 Å². The highest BCUT2D eigenvalue weighted by Crippen LogP contribution is 2.16. The number of pyridine rings is 1. The van der Waals surface area contributed by atoms with Crippen LogP contribution in [-0.2, 0) is 0 Å². The number of aromatic nitrogens is 1. The number of hydrogen-bond donors (Lipinski definition) is 1. The van der Waals surface area contributed by atoms with Crippen LogP contribution in [0.5, 0.6) is 0 Å². The van der Waals surface area contributed by atoms with Crippen molar-refractivity contribution in [1.29, 1.82) is 0 Å². The first-order valence-electron chi connectivity index (χ1n) is 9.01. The second-order valence-electron chi connectivity index (χ2n) is 6.27. The van der Waals surface area contributed by atoms with Crippen LogP contribution in [0.25, 0.3) is 0 Å². The van der Waals surface area contributed by atoms with Crippen LogP contribution in [0.1, 0.15) is 40.7 Å². The van der Waals surface area contributed by atoms with Gasteiger partial charge < -0.3 is 19.5 Å². The van der Waals surface area contributed by atoms with Gasteiger partial charge in [-0.25, -0.2) is 4.98 Å². The van der Waals surface area contributed by atoms with Crippen molar-refractivity contribution in [2.75, 3.05) is 37.6 Å². The van der Waals surface area contributed by atoms with Crippen molar-refractivity contribution in [1.82, 2.24) is 15.2 Å². The molecule has 3 heterocycles. The molecule has 3 rings (SSSR count). The van der Waals surface area contributed by atoms with Crippen molar-refractivity contribution in [2.24, 2.45) is 0 Å². The maximum Gasteiger partial charge on any atom is 0.289 e. The Morgan fingerprint density at radius 2 is 2.04 bits per heavy atom. The Hall–Kier alpha value is -2.83. The minimum absolute atomic E-state index is 0.0752. The maximum absolute atomic E-state index is 12.3. The van der Waals surface area contributed by atoms with Crippen LogP contribution < -0.4 is 10.2 Å². The molecule has 0 aliphatic carbocycles. The number of carbonyl (C=O) groups excluding carboxylic acids is 2. The highest BCUT2D eigenvalue weighted by Gasteiger charge is 2.24. The van der Waals surface area contributed by atoms with E-state index in [1.165, 1.54) is 6.26 Å². The Kier molecular flexibility index (Phi) is 5.88. The molecule has 0 unspecified atom stereocenters. The van der Waals surface area contributed by atoms with Gasteiger partial charge in [-0.05, 0) is 30.7 Å². The van der Waals surface area contributed by atoms with Gasteiger partial charge in [0.1, 0.15) is 5.82 Å². The third-order valence-electron chi connectivity index (χ3n) is 4.45. The van der Waals surface area contributed by atoms with Crippen molar-refractivity contribution in [3.05, 3.63) is 48.0 Å². The molecular weight excluding hydrogens is 332 g/mol. The second-order valence-corrected chi connectivity index (χ2v) is 6.27. The van der Waals surface area contributed by atoms with Crippen LogP contribution in [0.15, 0.2) is 41.1 Å². The van der Waals surface area contributed by atoms with Gasteiger partial charge in [0.2, 0.25) is 0 Å². The average Bonchev–Trinajstić information content (AvgIpc) is 3.22. The Morgan fingerprint density at radius 3 is 2.73 bits per heavy atom. The van der Waals surface area contributed by atoms with E-state index in [0.29, 0.717) is 44.0 Å². The fourth-order valence-electron chi connectivity index (χ4n) is 2.91. The first-order valence-corrected chi connectivity index (χ1v) is 9.01. The molecule has 0 aromatic carbocycles. The van der Waals surface area contributed by atoms with E-state index in [1.807, 2.05) is 6.07 Å². The van der Waals surface area contributed by atoms with E-state index in [2.05, 4.69) is 22.1 Å². The van der Waals surface area contributed by atoms with Gasteiger partial charge >= 0.3 is 0 Å². The van der Waals surface area contributed by atoms with Gasteiger partial charge in [0.15, 0.2) is 5.76 Å². The number of carbonyl (C=O) groups is 2. The van der Waals surface area contributed by atoms with Gasteiger partial charge in [0.25, 0.3) is 11.8 Å². The standard InChI is InChI=1S/C19H24N4O3/c1-2-3-7-21-18(24)15-6-8-20-17(14-15)22-9-11-23(12-10-22)19(25)16-5-4-13-26-16/h4-6,8,13-14H,2-3,7,9-12H2,1H3,(H,21,24). The topological polar surface area (TPSA) is 78.7 Å². The number of rotatable bonds is 6. The molecule has 138 valence electrons. The highest BCUT2D eigenvalue weighted by atomic mass is 16.3. The maximum atomic E-state index is 12.3. The third-order valence-corrected chi connectivity index (χ3v) is 4.45. The summed E-state index contributed by atoms with van der Waals surface area (Å²) in [6.07, 6.45) is 5.17. The molecule has 1 fully saturated rings. The lowest BCUT2D eigenvalue weighted by Crippen LogP contribution is -2.49. The smallest absolute Gasteiger partial charge is 0.289 e. The van der Waals surface area contributed by atoms with Gasteiger partial charge in [-0.15, -0.1) is 0 Å². The van der Waals surface area contributed by atoms with E-state index >= 15 is 0 Å². The molecule has 0 radical (unpaired) electrons. The predicted molar refractivity (Wildman–Crippen MR) is 98.3 cm³/mol. The lowest BCUT2D eigenvalue weighted by atomic mass is 10.2. The van der Waals surface area contributed by atoms with Crippen LogP contribution in [0.4, 0.5) is 5.82 Å². The number of hydrogen-bond acceptors (Lipinski definition) is 5. The Bertz CT molecular complexity index is 737. The summed E-state index contributed by atoms with van der Waals surface area (Å²) in [6.45, 7) is 5.29. The molecular formula is C19H24N4O3. The minimum Gasteiger partial charge on any atom is -0.459 e. The molecule has 7 heteroatoms. The van der Waals surface area contributed by atoms with Crippen molar-refractivity contribution < 1.29 is 14.0 Å². The Balaban J connectivity index is 1.58. The number of anilines is 1. The van der Waals surface area contributed by atoms with Crippen LogP contribution in [0, 0.1) is 0 Å². The van der Waals surface area contributed by atoms with Crippen molar-refractivity contribution >= 4 is 17.6 Å². The summed E-state index contributed by atoms with van der Waals surface area (Å²) in [5, 5.41) is 2.92. The highest BCUT2D eigenvalue weighted by molar-refractivity contribution is 5.94. The first-order chi connectivity index (χ1) is 12.7. The molecule has 0 atom stereocenters. The van der Waals surface area contributed by atoms with Crippen molar-refractivity contribution in [3.63, 3.8) is 0 Å². The molecule has 1 N–H and O–H groups in total. The van der Waals surface area contributed by atoms with E-state index < -0.39 is 0 Å². The number of unbranched alkanes of at least 4 members (excludes halogenated alkanes) is 1. The number of nitrogens with zero attached hydrogens (tertiary/aromatic N) is 3. The number of nitrogens with one attached hydrogen (secondary N) is 1. The van der Waals surface area contributed by atoms with E-state index in [-0.39, 0.29) is 11.8 Å². The molecule has 0 saturated carbocycles. The zero-order valence-corrected chi connectivity index (χ0v) is 15.0. The van der Waals surface area contributed by atoms with Gasteiger partial charge in [-0.1, -0.05) is 13.3 Å². The molecule has 7 nitrogen and oxygen atoms in total. The van der Waals surface area contributed by atoms with E-state index in [4.69, 9.17) is 4.42 Å². The van der Waals surface area contributed by atoms with E-state index in [9.17, 15) is 9.59 Å². The van der Waals surface area contributed by atoms with Crippen LogP contribution >= 0.6 is 0 Å². The summed E-state index contributed by atoms with van der Waals surface area (Å²) in [4.78, 5) is 32.8. The lowest BCUT2D eigenvalue weighted by molar-refractivity contribution is 0.0714. The van der Waals surface area contributed by atoms with Gasteiger partial charge in [0.05, 0.1) is 6.26 Å². The quantitative estimate of drug-likeness (QED) is 0.803. The molecule has 26 heavy (non-hydrogen) atoms. The zero-order chi connectivity index (χ0) is 18.4. The Morgan fingerprint density at radius 1 is 1.23 bits per heavy atom. The monoisotopic (exact) mass is 356 g/mol. The van der Waals surface area contributed by atoms with E-state index in [1.54, 1.807) is 29.3 Å². The SMILES string of the molecule is CCCCNC(=O)c1ccnc(N2CCN(C(=O)c3ccco3)CC2)c1. The molecule has 2 aromatic heterocycles. The summed E-state index contributed by atoms with van der Waals surface area (Å²) in [5.41, 5.74) is 0.611. The molecule has 0 spiro atoms. The van der Waals surface area contributed by atoms with Gasteiger partial charge in [0, 0.05) is 44.5 Å². The zero-order valence-electron chi connectivity index (χ0n) is 15.0. The largest absolute Gasteiger partial charge is 0.459 e. The fraction of sp³-hybridized carbons (Fsp3) is 0.421. The number of furan rings is 1. The van der Waals surface area contributed by atoms with Gasteiger partial charge in [-0.2, -0.15) is 0 Å². The van der Waals surface area contributed by atoms with Gasteiger partial charge in [-0.3, -0.25) is 9.59 Å². The van der Waals surface area contributed by atoms with Crippen molar-refractivity contribution in [3.8, 4) is 0 Å². The summed E-state index contributed by atoms with van der Waals surface area (Å²) in [5.74, 6) is 0.959. The lowest BCUT2D eigenvalue weighted by Gasteiger charge is -2.35. The summed E-state index contributed by atoms with van der Waals surface area (Å²) in [7, 11) is 0. The normalized spacial score (nSPS) is 14.3. The molecule has 1 saturated heterocycles. The molecule has 1 aliphatic heterocycles. The summed E-state index contributed by atoms with van der Waals surface area (Å²) < 4.78 is 5.18. The summed E-state index contributed by atoms with van der Waals surface area (Å²) in [6, 6.07) is 6.92. The van der Waals surface area contributed by atoms with Crippen LogP contribution in [0.3, 0.4) is 0 Å². The second kappa shape index (κ2) is 8.51. The number of amides is 2. The molecule has 2 amide bonds. The first kappa shape index (κ1) is 18.0. The molecule has 2 aromatic rings. The summed E-state index contributed by atoms with van der Waals surface area (Å²) >= 11 is 0. The predicted octanol–water partition coefficient (Wildman–Crippen LogP) is 2.17. The fourth-order valence-corrected chi connectivity index (χ4v) is 2.91. The molecule has 1 aliphatic rings. The van der Waals surface area contributed by atoms with Crippen LogP contribution in [0.2, 0.25) is 0 Å². The molecule has 0 bridgehead atoms. The van der Waals surface area contributed by atoms with Crippen molar-refractivity contribution in [2.45, 2.75) is 19.8 Å². The minimum atomic E-state index is -0.0911. The number of piperazine rings is 1. The Labute approximate surface area is 153 Å². The average molecular weight is 356 g/mol.